The molecule has 0 N–H and O–H groups in total. The third-order valence-electron chi connectivity index (χ3n) is 2.52. The van der Waals surface area contributed by atoms with Crippen molar-refractivity contribution in [2.45, 2.75) is 10.6 Å². The molecular weight excluding hydrogens is 264 g/mol. The van der Waals surface area contributed by atoms with Gasteiger partial charge in [-0.25, -0.2) is 4.98 Å². The fraction of sp³-hybridized carbons (Fsp3) is 0.0769. The zero-order valence-electron chi connectivity index (χ0n) is 9.45. The van der Waals surface area contributed by atoms with E-state index in [0.717, 1.165) is 27.6 Å². The average molecular weight is 274 g/mol. The van der Waals surface area contributed by atoms with Crippen LogP contribution in [0.15, 0.2) is 46.9 Å². The van der Waals surface area contributed by atoms with E-state index in [-0.39, 0.29) is 0 Å². The highest BCUT2D eigenvalue weighted by Gasteiger charge is 2.03. The smallest absolute Gasteiger partial charge is 0.193 e. The predicted octanol–water partition coefficient (Wildman–Crippen LogP) is 3.50. The lowest BCUT2D eigenvalue weighted by Crippen LogP contribution is -1.82. The number of benzene rings is 1. The second kappa shape index (κ2) is 4.96. The van der Waals surface area contributed by atoms with Crippen LogP contribution in [-0.2, 0) is 5.75 Å². The molecule has 0 saturated heterocycles. The molecule has 3 nitrogen and oxygen atoms in total. The molecule has 3 aromatic rings. The van der Waals surface area contributed by atoms with Crippen LogP contribution in [0.1, 0.15) is 16.1 Å². The summed E-state index contributed by atoms with van der Waals surface area (Å²) in [6.45, 7) is 0. The molecule has 2 heterocycles. The number of rotatable bonds is 4. The molecule has 0 aliphatic carbocycles. The van der Waals surface area contributed by atoms with Gasteiger partial charge in [0.05, 0.1) is 5.69 Å². The Morgan fingerprint density at radius 1 is 1.44 bits per heavy atom. The van der Waals surface area contributed by atoms with Crippen LogP contribution in [0, 0.1) is 0 Å². The van der Waals surface area contributed by atoms with Crippen LogP contribution in [0.2, 0.25) is 0 Å². The Balaban J connectivity index is 1.73. The first-order chi connectivity index (χ1) is 8.85. The average Bonchev–Trinajstić information content (AvgIpc) is 2.97. The molecule has 0 atom stereocenters. The number of nitrogens with zero attached hydrogens (tertiary/aromatic N) is 2. The zero-order chi connectivity index (χ0) is 12.4. The molecule has 0 aliphatic rings. The van der Waals surface area contributed by atoms with E-state index in [1.807, 2.05) is 46.4 Å². The van der Waals surface area contributed by atoms with Gasteiger partial charge in [-0.3, -0.25) is 9.20 Å². The summed E-state index contributed by atoms with van der Waals surface area (Å²) >= 11 is 3.32. The minimum atomic E-state index is 0.714. The summed E-state index contributed by atoms with van der Waals surface area (Å²) in [4.78, 5) is 17.3. The molecule has 0 amide bonds. The second-order valence-electron chi connectivity index (χ2n) is 3.80. The van der Waals surface area contributed by atoms with Crippen molar-refractivity contribution in [3.05, 3.63) is 53.3 Å². The van der Waals surface area contributed by atoms with Crippen molar-refractivity contribution in [1.29, 1.82) is 0 Å². The standard InChI is InChI=1S/C13H10N2OS2/c16-8-10-2-1-3-12(6-10)18-9-11-7-15-4-5-17-13(15)14-11/h1-8H,9H2. The summed E-state index contributed by atoms with van der Waals surface area (Å²) in [7, 11) is 0. The number of hydrogen-bond donors (Lipinski definition) is 0. The summed E-state index contributed by atoms with van der Waals surface area (Å²) in [5.41, 5.74) is 1.77. The van der Waals surface area contributed by atoms with Crippen LogP contribution in [0.25, 0.3) is 4.96 Å². The van der Waals surface area contributed by atoms with E-state index in [1.165, 1.54) is 0 Å². The normalized spacial score (nSPS) is 10.9. The van der Waals surface area contributed by atoms with Crippen molar-refractivity contribution in [2.24, 2.45) is 0 Å². The van der Waals surface area contributed by atoms with Crippen molar-refractivity contribution in [1.82, 2.24) is 9.38 Å². The number of fused-ring (bicyclic) bond motifs is 1. The lowest BCUT2D eigenvalue weighted by atomic mass is 10.2. The van der Waals surface area contributed by atoms with Gasteiger partial charge in [0.2, 0.25) is 0 Å². The highest BCUT2D eigenvalue weighted by atomic mass is 32.2. The minimum Gasteiger partial charge on any atom is -0.298 e. The van der Waals surface area contributed by atoms with Gasteiger partial charge < -0.3 is 0 Å². The Morgan fingerprint density at radius 3 is 3.22 bits per heavy atom. The van der Waals surface area contributed by atoms with Crippen LogP contribution >= 0.6 is 23.1 Å². The van der Waals surface area contributed by atoms with E-state index in [1.54, 1.807) is 23.1 Å². The van der Waals surface area contributed by atoms with Gasteiger partial charge in [-0.2, -0.15) is 0 Å². The quantitative estimate of drug-likeness (QED) is 0.539. The topological polar surface area (TPSA) is 34.4 Å². The van der Waals surface area contributed by atoms with Crippen molar-refractivity contribution < 1.29 is 4.79 Å². The Labute approximate surface area is 112 Å². The zero-order valence-corrected chi connectivity index (χ0v) is 11.1. The second-order valence-corrected chi connectivity index (χ2v) is 5.73. The monoisotopic (exact) mass is 274 g/mol. The van der Waals surface area contributed by atoms with Crippen LogP contribution in [0.3, 0.4) is 0 Å². The number of hydrogen-bond acceptors (Lipinski definition) is 4. The van der Waals surface area contributed by atoms with Gasteiger partial charge in [-0.15, -0.1) is 23.1 Å². The first-order valence-electron chi connectivity index (χ1n) is 5.44. The first-order valence-corrected chi connectivity index (χ1v) is 7.31. The maximum Gasteiger partial charge on any atom is 0.193 e. The number of imidazole rings is 1. The third-order valence-corrected chi connectivity index (χ3v) is 4.32. The summed E-state index contributed by atoms with van der Waals surface area (Å²) < 4.78 is 2.03. The van der Waals surface area contributed by atoms with Gasteiger partial charge in [-0.05, 0) is 12.1 Å². The van der Waals surface area contributed by atoms with E-state index in [2.05, 4.69) is 4.98 Å². The molecular formula is C13H10N2OS2. The molecule has 0 fully saturated rings. The molecule has 0 unspecified atom stereocenters. The number of aldehydes is 1. The largest absolute Gasteiger partial charge is 0.298 e. The highest BCUT2D eigenvalue weighted by molar-refractivity contribution is 7.98. The highest BCUT2D eigenvalue weighted by Crippen LogP contribution is 2.23. The van der Waals surface area contributed by atoms with E-state index in [9.17, 15) is 4.79 Å². The van der Waals surface area contributed by atoms with E-state index < -0.39 is 0 Å². The molecule has 0 aliphatic heterocycles. The van der Waals surface area contributed by atoms with Crippen molar-refractivity contribution in [3.8, 4) is 0 Å². The van der Waals surface area contributed by atoms with E-state index >= 15 is 0 Å². The first kappa shape index (κ1) is 11.5. The number of thioether (sulfide) groups is 1. The van der Waals surface area contributed by atoms with Crippen LogP contribution in [-0.4, -0.2) is 15.7 Å². The van der Waals surface area contributed by atoms with Gasteiger partial charge in [0.15, 0.2) is 4.96 Å². The third kappa shape index (κ3) is 2.32. The van der Waals surface area contributed by atoms with E-state index in [0.29, 0.717) is 5.56 Å². The van der Waals surface area contributed by atoms with Crippen molar-refractivity contribution >= 4 is 34.3 Å². The maximum absolute atomic E-state index is 10.7. The van der Waals surface area contributed by atoms with Crippen LogP contribution < -0.4 is 0 Å². The lowest BCUT2D eigenvalue weighted by Gasteiger charge is -1.99. The van der Waals surface area contributed by atoms with Gasteiger partial charge in [-0.1, -0.05) is 12.1 Å². The Bertz CT molecular complexity index is 658. The number of thiazole rings is 1. The van der Waals surface area contributed by atoms with Crippen molar-refractivity contribution in [2.75, 3.05) is 0 Å². The molecule has 0 saturated carbocycles. The van der Waals surface area contributed by atoms with Crippen molar-refractivity contribution in [3.63, 3.8) is 0 Å². The number of aromatic nitrogens is 2. The number of carbonyl (C=O) groups is 1. The van der Waals surface area contributed by atoms with Gasteiger partial charge in [0, 0.05) is 34.0 Å². The summed E-state index contributed by atoms with van der Waals surface area (Å²) in [5.74, 6) is 0.816. The van der Waals surface area contributed by atoms with Crippen LogP contribution in [0.5, 0.6) is 0 Å². The SMILES string of the molecule is O=Cc1cccc(SCc2cn3ccsc3n2)c1. The molecule has 3 rings (SSSR count). The molecule has 1 aromatic carbocycles. The fourth-order valence-corrected chi connectivity index (χ4v) is 3.25. The Kier molecular flexibility index (Phi) is 3.17. The summed E-state index contributed by atoms with van der Waals surface area (Å²) in [6, 6.07) is 7.62. The summed E-state index contributed by atoms with van der Waals surface area (Å²) in [5, 5.41) is 2.02. The maximum atomic E-state index is 10.7. The van der Waals surface area contributed by atoms with Gasteiger partial charge >= 0.3 is 0 Å². The molecule has 0 bridgehead atoms. The summed E-state index contributed by atoms with van der Waals surface area (Å²) in [6.07, 6.45) is 4.92. The molecule has 5 heteroatoms. The number of carbonyl (C=O) groups excluding carboxylic acids is 1. The molecule has 0 radical (unpaired) electrons. The molecule has 2 aromatic heterocycles. The molecule has 18 heavy (non-hydrogen) atoms. The predicted molar refractivity (Wildman–Crippen MR) is 74.5 cm³/mol. The molecule has 0 spiro atoms. The molecule has 90 valence electrons. The fourth-order valence-electron chi connectivity index (χ4n) is 1.68. The van der Waals surface area contributed by atoms with E-state index in [4.69, 9.17) is 0 Å². The van der Waals surface area contributed by atoms with Crippen LogP contribution in [0.4, 0.5) is 0 Å². The Morgan fingerprint density at radius 2 is 2.39 bits per heavy atom. The lowest BCUT2D eigenvalue weighted by molar-refractivity contribution is 0.112. The Hall–Kier alpha value is -1.59. The van der Waals surface area contributed by atoms with Gasteiger partial charge in [0.1, 0.15) is 6.29 Å². The van der Waals surface area contributed by atoms with Gasteiger partial charge in [0.25, 0.3) is 0 Å². The minimum absolute atomic E-state index is 0.714.